The van der Waals surface area contributed by atoms with Gasteiger partial charge in [-0.05, 0) is 107 Å². The summed E-state index contributed by atoms with van der Waals surface area (Å²) in [5, 5.41) is 2.26. The van der Waals surface area contributed by atoms with Crippen LogP contribution >= 0.6 is 0 Å². The fraction of sp³-hybridized carbons (Fsp3) is 0.276. The molecule has 0 atom stereocenters. The van der Waals surface area contributed by atoms with Crippen LogP contribution in [0.5, 0.6) is 11.5 Å². The Morgan fingerprint density at radius 1 is 0.540 bits per heavy atom. The van der Waals surface area contributed by atoms with E-state index >= 15 is 0 Å². The van der Waals surface area contributed by atoms with Gasteiger partial charge in [0.1, 0.15) is 17.3 Å². The van der Waals surface area contributed by atoms with Gasteiger partial charge < -0.3 is 4.74 Å². The lowest BCUT2D eigenvalue weighted by Crippen LogP contribution is -2.17. The van der Waals surface area contributed by atoms with Crippen LogP contribution in [0.15, 0.2) is 146 Å². The van der Waals surface area contributed by atoms with Gasteiger partial charge in [0, 0.05) is 47.3 Å². The monoisotopic (exact) mass is 834 g/mol. The van der Waals surface area contributed by atoms with E-state index in [1.165, 1.54) is 11.1 Å². The van der Waals surface area contributed by atoms with Gasteiger partial charge in [0.2, 0.25) is 11.4 Å². The number of hydrogen-bond acceptors (Lipinski definition) is 2. The minimum atomic E-state index is -0.431. The zero-order chi connectivity index (χ0) is 49.0. The molecule has 6 aromatic carbocycles. The summed E-state index contributed by atoms with van der Waals surface area (Å²) in [7, 11) is 0. The molecular weight excluding hydrogens is 769 g/mol. The quantitative estimate of drug-likeness (QED) is 0.156. The standard InChI is InChI=1S/C58H60N4O/c1-55(2,3)39-24-27-50-49(33-39)48-26-25-46(36-52(48)62(50)53-34-40(28-29-59-53)56(4,5)6)63-45-21-16-20-43(35-45)60-37-61(44-31-41(57(7,8)9)30-42(32-44)58(10,11)12)54-47(22-17-23-51(54)60)38-18-14-13-15-19-38/h13-36H,1-12H3/q+2/i13D,14D,15D,18D,19D. The zero-order valence-corrected chi connectivity index (χ0v) is 38.7. The highest BCUT2D eigenvalue weighted by atomic mass is 16.5. The van der Waals surface area contributed by atoms with Crippen LogP contribution in [0.25, 0.3) is 38.8 Å². The third-order valence-corrected chi connectivity index (χ3v) is 12.1. The van der Waals surface area contributed by atoms with Gasteiger partial charge in [-0.1, -0.05) is 138 Å². The second-order valence-corrected chi connectivity index (χ2v) is 21.0. The van der Waals surface area contributed by atoms with Crippen LogP contribution in [-0.4, -0.2) is 15.6 Å². The molecule has 0 fully saturated rings. The Morgan fingerprint density at radius 2 is 1.19 bits per heavy atom. The second kappa shape index (κ2) is 15.1. The summed E-state index contributed by atoms with van der Waals surface area (Å²) in [5.41, 5.74) is 9.94. The summed E-state index contributed by atoms with van der Waals surface area (Å²) in [6.07, 6.45) is 1.90. The van der Waals surface area contributed by atoms with E-state index in [4.69, 9.17) is 16.6 Å². The number of benzene rings is 6. The predicted octanol–water partition coefficient (Wildman–Crippen LogP) is 15.7. The molecule has 1 aliphatic heterocycles. The molecule has 1 aliphatic rings. The smallest absolute Gasteiger partial charge is 0.457 e. The Kier molecular flexibility index (Phi) is 8.61. The molecule has 0 spiro atoms. The zero-order valence-electron chi connectivity index (χ0n) is 43.7. The van der Waals surface area contributed by atoms with Crippen molar-refractivity contribution < 1.29 is 11.6 Å². The highest BCUT2D eigenvalue weighted by Crippen LogP contribution is 2.45. The average Bonchev–Trinajstić information content (AvgIpc) is 3.83. The fourth-order valence-corrected chi connectivity index (χ4v) is 8.33. The van der Waals surface area contributed by atoms with Crippen LogP contribution in [0.4, 0.5) is 22.7 Å². The summed E-state index contributed by atoms with van der Waals surface area (Å²) in [4.78, 5) is 4.92. The van der Waals surface area contributed by atoms with Crippen LogP contribution in [0.1, 0.15) is 112 Å². The average molecular weight is 834 g/mol. The van der Waals surface area contributed by atoms with E-state index in [2.05, 4.69) is 154 Å². The molecule has 0 radical (unpaired) electrons. The van der Waals surface area contributed by atoms with Gasteiger partial charge in [-0.2, -0.15) is 0 Å². The van der Waals surface area contributed by atoms with Crippen LogP contribution in [0.2, 0.25) is 0 Å². The molecular formula is C58H60N4O+2. The van der Waals surface area contributed by atoms with Gasteiger partial charge >= 0.3 is 11.7 Å². The number of pyridine rings is 1. The maximum atomic E-state index is 9.05. The van der Waals surface area contributed by atoms with Crippen molar-refractivity contribution in [2.75, 3.05) is 0 Å². The minimum Gasteiger partial charge on any atom is -0.457 e. The van der Waals surface area contributed by atoms with Gasteiger partial charge in [0.25, 0.3) is 5.69 Å². The van der Waals surface area contributed by atoms with Gasteiger partial charge in [0.05, 0.1) is 29.5 Å². The topological polar surface area (TPSA) is 33.1 Å². The summed E-state index contributed by atoms with van der Waals surface area (Å²) >= 11 is 0. The maximum Gasteiger partial charge on any atom is 0.503 e. The third kappa shape index (κ3) is 7.92. The SMILES string of the molecule is [2H]c1c([2H])c([2H])c(-c2cccc3c2[N+](c2cc(C(C)(C)C)cc(C(C)(C)C)c2)=C=[N+]3c2cccc(Oc3ccc4c5cc(C(C)(C)C)ccc5n(-c5cc(C(C)(C)C)ccn5)c4c3)c2)c([2H])c1[2H]. The molecule has 0 saturated heterocycles. The lowest BCUT2D eigenvalue weighted by atomic mass is 9.80. The van der Waals surface area contributed by atoms with Crippen LogP contribution in [0.3, 0.4) is 0 Å². The molecule has 0 bridgehead atoms. The van der Waals surface area contributed by atoms with Crippen molar-refractivity contribution in [1.82, 2.24) is 18.7 Å². The first-order valence-electron chi connectivity index (χ1n) is 24.4. The Bertz CT molecular complexity index is 3400. The summed E-state index contributed by atoms with van der Waals surface area (Å²) in [6, 6.07) is 39.4. The molecule has 0 saturated carbocycles. The Labute approximate surface area is 380 Å². The number of rotatable bonds is 6. The van der Waals surface area contributed by atoms with Gasteiger partial charge in [-0.15, -0.1) is 0 Å². The lowest BCUT2D eigenvalue weighted by molar-refractivity contribution is 0.483. The number of aromatic nitrogens is 2. The third-order valence-electron chi connectivity index (χ3n) is 12.1. The van der Waals surface area contributed by atoms with E-state index in [-0.39, 0.29) is 51.4 Å². The number of para-hydroxylation sites is 1. The summed E-state index contributed by atoms with van der Waals surface area (Å²) in [5.74, 6) is 2.12. The minimum absolute atomic E-state index is 0.0316. The van der Waals surface area contributed by atoms with E-state index < -0.39 is 6.04 Å². The molecule has 0 amide bonds. The number of fused-ring (bicyclic) bond motifs is 4. The molecule has 63 heavy (non-hydrogen) atoms. The first-order chi connectivity index (χ1) is 31.8. The number of hydrogen-bond donors (Lipinski definition) is 0. The highest BCUT2D eigenvalue weighted by molar-refractivity contribution is 6.10. The van der Waals surface area contributed by atoms with Gasteiger partial charge in [0.15, 0.2) is 0 Å². The van der Waals surface area contributed by atoms with Crippen LogP contribution in [-0.2, 0) is 21.7 Å². The molecule has 316 valence electrons. The van der Waals surface area contributed by atoms with E-state index in [9.17, 15) is 0 Å². The fourth-order valence-electron chi connectivity index (χ4n) is 8.33. The van der Waals surface area contributed by atoms with Crippen molar-refractivity contribution in [2.24, 2.45) is 0 Å². The van der Waals surface area contributed by atoms with Crippen molar-refractivity contribution in [2.45, 2.75) is 105 Å². The van der Waals surface area contributed by atoms with Crippen molar-refractivity contribution >= 4 is 50.6 Å². The van der Waals surface area contributed by atoms with E-state index in [1.807, 2.05) is 63.9 Å². The Balaban J connectivity index is 1.22. The Hall–Kier alpha value is -6.55. The largest absolute Gasteiger partial charge is 0.503 e. The number of nitrogens with zero attached hydrogens (tertiary/aromatic N) is 4. The molecule has 5 heteroatoms. The lowest BCUT2D eigenvalue weighted by Gasteiger charge is -2.24. The molecule has 3 heterocycles. The molecule has 2 aromatic heterocycles. The highest BCUT2D eigenvalue weighted by Gasteiger charge is 2.40. The Morgan fingerprint density at radius 3 is 1.87 bits per heavy atom. The van der Waals surface area contributed by atoms with Crippen molar-refractivity contribution in [3.63, 3.8) is 0 Å². The van der Waals surface area contributed by atoms with Crippen molar-refractivity contribution in [3.8, 4) is 28.4 Å². The van der Waals surface area contributed by atoms with Gasteiger partial charge in [-0.3, -0.25) is 4.57 Å². The molecule has 0 N–H and O–H groups in total. The van der Waals surface area contributed by atoms with Crippen LogP contribution < -0.4 is 13.9 Å². The van der Waals surface area contributed by atoms with Crippen molar-refractivity contribution in [3.05, 3.63) is 168 Å². The first kappa shape index (κ1) is 36.0. The van der Waals surface area contributed by atoms with E-state index in [1.54, 1.807) is 0 Å². The molecule has 0 aliphatic carbocycles. The molecule has 9 rings (SSSR count). The molecule has 5 nitrogen and oxygen atoms in total. The predicted molar refractivity (Wildman–Crippen MR) is 266 cm³/mol. The van der Waals surface area contributed by atoms with Gasteiger partial charge in [-0.25, -0.2) is 4.98 Å². The van der Waals surface area contributed by atoms with Crippen molar-refractivity contribution in [1.29, 1.82) is 0 Å². The number of ether oxygens (including phenoxy) is 1. The van der Waals surface area contributed by atoms with E-state index in [0.717, 1.165) is 55.8 Å². The normalized spacial score (nSPS) is 14.4. The first-order valence-corrected chi connectivity index (χ1v) is 21.9. The summed E-state index contributed by atoms with van der Waals surface area (Å²) < 4.78 is 56.6. The van der Waals surface area contributed by atoms with Crippen LogP contribution in [0, 0.1) is 0 Å². The van der Waals surface area contributed by atoms with E-state index in [0.29, 0.717) is 22.7 Å². The summed E-state index contributed by atoms with van der Waals surface area (Å²) in [6.45, 7) is 26.5. The second-order valence-electron chi connectivity index (χ2n) is 21.0. The maximum absolute atomic E-state index is 9.05. The molecule has 8 aromatic rings. The molecule has 0 unspecified atom stereocenters.